The lowest BCUT2D eigenvalue weighted by Gasteiger charge is -2.10. The van der Waals surface area contributed by atoms with Crippen molar-refractivity contribution in [2.45, 2.75) is 32.6 Å². The molecule has 0 aliphatic carbocycles. The minimum Gasteiger partial charge on any atom is -0.287 e. The molecule has 0 radical (unpaired) electrons. The molecule has 1 atom stereocenters. The molecule has 0 saturated heterocycles. The Morgan fingerprint density at radius 3 is 2.53 bits per heavy atom. The average molecular weight is 272 g/mol. The Balaban J connectivity index is 2.36. The second-order valence-corrected chi connectivity index (χ2v) is 5.75. The normalized spacial score (nSPS) is 12.6. The van der Waals surface area contributed by atoms with Gasteiger partial charge >= 0.3 is 0 Å². The predicted molar refractivity (Wildman–Crippen MR) is 84.9 cm³/mol. The lowest BCUT2D eigenvalue weighted by Crippen LogP contribution is -2.04. The van der Waals surface area contributed by atoms with E-state index in [0.29, 0.717) is 0 Å². The van der Waals surface area contributed by atoms with Crippen LogP contribution in [0.5, 0.6) is 0 Å². The quantitative estimate of drug-likeness (QED) is 0.796. The molecule has 0 heterocycles. The van der Waals surface area contributed by atoms with E-state index in [2.05, 4.69) is 43.3 Å². The predicted octanol–water partition coefficient (Wildman–Crippen LogP) is 4.79. The van der Waals surface area contributed by atoms with E-state index in [1.807, 2.05) is 13.2 Å². The molecule has 19 heavy (non-hydrogen) atoms. The van der Waals surface area contributed by atoms with E-state index in [9.17, 15) is 4.79 Å². The van der Waals surface area contributed by atoms with E-state index < -0.39 is 0 Å². The van der Waals surface area contributed by atoms with Crippen molar-refractivity contribution >= 4 is 27.6 Å². The Bertz CT molecular complexity index is 589. The first-order valence-electron chi connectivity index (χ1n) is 6.76. The van der Waals surface area contributed by atoms with E-state index in [1.165, 1.54) is 34.5 Å². The Kier molecular flexibility index (Phi) is 4.65. The van der Waals surface area contributed by atoms with Gasteiger partial charge in [-0.3, -0.25) is 4.79 Å². The molecular weight excluding hydrogens is 252 g/mol. The van der Waals surface area contributed by atoms with E-state index in [1.54, 1.807) is 0 Å². The van der Waals surface area contributed by atoms with Crippen LogP contribution in [-0.4, -0.2) is 11.4 Å². The highest BCUT2D eigenvalue weighted by atomic mass is 32.2. The number of hydrogen-bond donors (Lipinski definition) is 0. The van der Waals surface area contributed by atoms with Gasteiger partial charge in [-0.1, -0.05) is 68.4 Å². The number of rotatable bonds is 4. The van der Waals surface area contributed by atoms with Gasteiger partial charge in [0.2, 0.25) is 0 Å². The van der Waals surface area contributed by atoms with E-state index in [-0.39, 0.29) is 11.0 Å². The zero-order valence-corrected chi connectivity index (χ0v) is 12.6. The molecule has 0 bridgehead atoms. The summed E-state index contributed by atoms with van der Waals surface area (Å²) in [5.74, 6) is -0.0327. The first kappa shape index (κ1) is 14.1. The maximum Gasteiger partial charge on any atom is 0.195 e. The molecule has 0 N–H and O–H groups in total. The average Bonchev–Trinajstić information content (AvgIpc) is 2.45. The van der Waals surface area contributed by atoms with Gasteiger partial charge in [-0.25, -0.2) is 0 Å². The third kappa shape index (κ3) is 3.19. The molecule has 0 aromatic heterocycles. The molecule has 2 heteroatoms. The number of thioether (sulfide) groups is 1. The largest absolute Gasteiger partial charge is 0.287 e. The fourth-order valence-electron chi connectivity index (χ4n) is 2.34. The Hall–Kier alpha value is -1.28. The van der Waals surface area contributed by atoms with Crippen molar-refractivity contribution < 1.29 is 4.79 Å². The summed E-state index contributed by atoms with van der Waals surface area (Å²) in [5.41, 5.74) is 2.49. The first-order valence-corrected chi connectivity index (χ1v) is 7.98. The summed E-state index contributed by atoms with van der Waals surface area (Å²) in [6.07, 6.45) is 4.14. The van der Waals surface area contributed by atoms with Crippen molar-refractivity contribution in [1.82, 2.24) is 0 Å². The highest BCUT2D eigenvalue weighted by Crippen LogP contribution is 2.25. The zero-order valence-electron chi connectivity index (χ0n) is 11.8. The monoisotopic (exact) mass is 272 g/mol. The van der Waals surface area contributed by atoms with Crippen molar-refractivity contribution in [1.29, 1.82) is 0 Å². The van der Waals surface area contributed by atoms with Crippen molar-refractivity contribution in [3.63, 3.8) is 0 Å². The second kappa shape index (κ2) is 6.25. The molecule has 0 fully saturated rings. The molecule has 2 rings (SSSR count). The van der Waals surface area contributed by atoms with Gasteiger partial charge in [0.25, 0.3) is 0 Å². The minimum atomic E-state index is -0.0327. The molecule has 2 aromatic carbocycles. The molecule has 1 unspecified atom stereocenters. The summed E-state index contributed by atoms with van der Waals surface area (Å²) < 4.78 is 0. The molecule has 0 spiro atoms. The Morgan fingerprint density at radius 1 is 1.16 bits per heavy atom. The van der Waals surface area contributed by atoms with Crippen molar-refractivity contribution in [2.24, 2.45) is 0 Å². The molecule has 0 aliphatic rings. The lowest BCUT2D eigenvalue weighted by molar-refractivity contribution is -0.111. The smallest absolute Gasteiger partial charge is 0.195 e. The lowest BCUT2D eigenvalue weighted by atomic mass is 9.97. The molecule has 0 aliphatic heterocycles. The third-order valence-corrected chi connectivity index (χ3v) is 4.28. The zero-order chi connectivity index (χ0) is 13.8. The first-order chi connectivity index (χ1) is 9.15. The van der Waals surface area contributed by atoms with Gasteiger partial charge in [-0.15, -0.1) is 0 Å². The standard InChI is InChI=1S/C17H20OS/c1-4-5-13-6-7-16-11-14(8-9-15(16)10-13)12(2)17(18)19-3/h6-12H,4-5H2,1-3H3. The van der Waals surface area contributed by atoms with Crippen LogP contribution in [0.15, 0.2) is 36.4 Å². The van der Waals surface area contributed by atoms with Gasteiger partial charge in [0.1, 0.15) is 0 Å². The summed E-state index contributed by atoms with van der Waals surface area (Å²) in [5, 5.41) is 2.71. The number of carbonyl (C=O) groups is 1. The maximum absolute atomic E-state index is 11.8. The Morgan fingerprint density at radius 2 is 1.84 bits per heavy atom. The van der Waals surface area contributed by atoms with Gasteiger partial charge in [-0.05, 0) is 34.6 Å². The van der Waals surface area contributed by atoms with Gasteiger partial charge < -0.3 is 0 Å². The van der Waals surface area contributed by atoms with E-state index in [0.717, 1.165) is 12.0 Å². The molecule has 100 valence electrons. The van der Waals surface area contributed by atoms with E-state index in [4.69, 9.17) is 0 Å². The van der Waals surface area contributed by atoms with Gasteiger partial charge in [0, 0.05) is 0 Å². The number of carbonyl (C=O) groups excluding carboxylic acids is 1. The van der Waals surface area contributed by atoms with Crippen LogP contribution in [0.4, 0.5) is 0 Å². The number of aryl methyl sites for hydroxylation is 1. The van der Waals surface area contributed by atoms with Crippen molar-refractivity contribution in [3.8, 4) is 0 Å². The number of benzene rings is 2. The third-order valence-electron chi connectivity index (χ3n) is 3.52. The molecular formula is C17H20OS. The van der Waals surface area contributed by atoms with Crippen LogP contribution in [0, 0.1) is 0 Å². The SMILES string of the molecule is CCCc1ccc2cc(C(C)C(=O)SC)ccc2c1. The van der Waals surface area contributed by atoms with Crippen LogP contribution in [0.3, 0.4) is 0 Å². The van der Waals surface area contributed by atoms with E-state index >= 15 is 0 Å². The van der Waals surface area contributed by atoms with Crippen LogP contribution in [-0.2, 0) is 11.2 Å². The molecule has 2 aromatic rings. The summed E-state index contributed by atoms with van der Waals surface area (Å²) in [7, 11) is 0. The second-order valence-electron chi connectivity index (χ2n) is 4.94. The molecule has 0 amide bonds. The van der Waals surface area contributed by atoms with Crippen LogP contribution < -0.4 is 0 Å². The van der Waals surface area contributed by atoms with Crippen molar-refractivity contribution in [2.75, 3.05) is 6.26 Å². The fourth-order valence-corrected chi connectivity index (χ4v) is 2.83. The fraction of sp³-hybridized carbons (Fsp3) is 0.353. The number of hydrogen-bond acceptors (Lipinski definition) is 2. The van der Waals surface area contributed by atoms with Gasteiger partial charge in [0.05, 0.1) is 5.92 Å². The van der Waals surface area contributed by atoms with Crippen LogP contribution >= 0.6 is 11.8 Å². The van der Waals surface area contributed by atoms with Crippen LogP contribution in [0.1, 0.15) is 37.3 Å². The van der Waals surface area contributed by atoms with Gasteiger partial charge in [0.15, 0.2) is 5.12 Å². The summed E-state index contributed by atoms with van der Waals surface area (Å²) >= 11 is 1.30. The van der Waals surface area contributed by atoms with Gasteiger partial charge in [-0.2, -0.15) is 0 Å². The van der Waals surface area contributed by atoms with Crippen LogP contribution in [0.2, 0.25) is 0 Å². The minimum absolute atomic E-state index is 0.0327. The van der Waals surface area contributed by atoms with Crippen LogP contribution in [0.25, 0.3) is 10.8 Å². The summed E-state index contributed by atoms with van der Waals surface area (Å²) in [6, 6.07) is 13.0. The Labute approximate surface area is 119 Å². The number of fused-ring (bicyclic) bond motifs is 1. The maximum atomic E-state index is 11.8. The van der Waals surface area contributed by atoms with Crippen molar-refractivity contribution in [3.05, 3.63) is 47.5 Å². The molecule has 0 saturated carbocycles. The molecule has 1 nitrogen and oxygen atoms in total. The summed E-state index contributed by atoms with van der Waals surface area (Å²) in [4.78, 5) is 11.8. The highest BCUT2D eigenvalue weighted by molar-refractivity contribution is 8.13. The summed E-state index contributed by atoms with van der Waals surface area (Å²) in [6.45, 7) is 4.18. The highest BCUT2D eigenvalue weighted by Gasteiger charge is 2.14. The topological polar surface area (TPSA) is 17.1 Å².